The molecule has 4 heteroatoms. The third-order valence-electron chi connectivity index (χ3n) is 3.47. The van der Waals surface area contributed by atoms with Gasteiger partial charge in [-0.15, -0.1) is 12.4 Å². The Kier molecular flexibility index (Phi) is 7.08. The fourth-order valence-electron chi connectivity index (χ4n) is 2.32. The normalized spacial score (nSPS) is 11.9. The summed E-state index contributed by atoms with van der Waals surface area (Å²) in [6, 6.07) is 15.3. The van der Waals surface area contributed by atoms with E-state index >= 15 is 0 Å². The summed E-state index contributed by atoms with van der Waals surface area (Å²) < 4.78 is 0. The number of ketones is 1. The quantitative estimate of drug-likeness (QED) is 0.743. The third kappa shape index (κ3) is 4.84. The van der Waals surface area contributed by atoms with E-state index in [0.717, 1.165) is 16.7 Å². The van der Waals surface area contributed by atoms with Crippen LogP contribution in [0.15, 0.2) is 48.5 Å². The molecule has 118 valence electrons. The van der Waals surface area contributed by atoms with E-state index in [4.69, 9.17) is 11.6 Å². The number of benzene rings is 2. The molecule has 2 rings (SSSR count). The largest absolute Gasteiger partial charge is 0.308 e. The van der Waals surface area contributed by atoms with Crippen molar-refractivity contribution in [3.05, 3.63) is 70.2 Å². The molecule has 0 fully saturated rings. The summed E-state index contributed by atoms with van der Waals surface area (Å²) in [6.07, 6.45) is 0. The van der Waals surface area contributed by atoms with Crippen molar-refractivity contribution in [1.82, 2.24) is 4.90 Å². The number of carbonyl (C=O) groups is 1. The smallest absolute Gasteiger partial charge is 0.171 e. The first-order chi connectivity index (χ1) is 9.97. The van der Waals surface area contributed by atoms with Crippen LogP contribution in [-0.2, 0) is 0 Å². The Morgan fingerprint density at radius 3 is 2.09 bits per heavy atom. The molecule has 0 amide bonds. The van der Waals surface area contributed by atoms with E-state index in [0.29, 0.717) is 11.6 Å². The van der Waals surface area contributed by atoms with Crippen LogP contribution < -0.4 is 0 Å². The lowest BCUT2D eigenvalue weighted by atomic mass is 9.90. The maximum absolute atomic E-state index is 12.8. The van der Waals surface area contributed by atoms with Crippen LogP contribution in [0.4, 0.5) is 0 Å². The molecule has 0 saturated carbocycles. The lowest BCUT2D eigenvalue weighted by Crippen LogP contribution is -2.26. The van der Waals surface area contributed by atoms with Crippen LogP contribution in [0, 0.1) is 6.92 Å². The molecule has 1 unspecified atom stereocenters. The number of likely N-dealkylation sites (N-methyl/N-ethyl adjacent to an activating group) is 1. The number of hydrogen-bond acceptors (Lipinski definition) is 2. The second kappa shape index (κ2) is 8.33. The average molecular weight is 338 g/mol. The third-order valence-corrected chi connectivity index (χ3v) is 3.72. The highest BCUT2D eigenvalue weighted by Gasteiger charge is 2.22. The topological polar surface area (TPSA) is 20.3 Å². The first kappa shape index (κ1) is 18.7. The van der Waals surface area contributed by atoms with Gasteiger partial charge in [-0.05, 0) is 38.7 Å². The summed E-state index contributed by atoms with van der Waals surface area (Å²) in [6.45, 7) is 2.69. The lowest BCUT2D eigenvalue weighted by Gasteiger charge is -2.20. The molecule has 0 heterocycles. The maximum atomic E-state index is 12.8. The highest BCUT2D eigenvalue weighted by Crippen LogP contribution is 2.23. The number of carbonyl (C=O) groups excluding carboxylic acids is 1. The summed E-state index contributed by atoms with van der Waals surface area (Å²) in [4.78, 5) is 14.9. The summed E-state index contributed by atoms with van der Waals surface area (Å²) in [5.41, 5.74) is 2.91. The molecule has 0 spiro atoms. The molecule has 0 aliphatic rings. The van der Waals surface area contributed by atoms with Crippen LogP contribution in [0.1, 0.15) is 27.4 Å². The van der Waals surface area contributed by atoms with Crippen LogP contribution in [0.2, 0.25) is 5.02 Å². The minimum absolute atomic E-state index is 0. The van der Waals surface area contributed by atoms with Crippen molar-refractivity contribution in [3.63, 3.8) is 0 Å². The second-order valence-electron chi connectivity index (χ2n) is 5.60. The zero-order valence-corrected chi connectivity index (χ0v) is 14.6. The molecule has 2 aromatic rings. The first-order valence-corrected chi connectivity index (χ1v) is 7.36. The molecule has 0 N–H and O–H groups in total. The van der Waals surface area contributed by atoms with E-state index < -0.39 is 0 Å². The van der Waals surface area contributed by atoms with E-state index in [-0.39, 0.29) is 24.1 Å². The van der Waals surface area contributed by atoms with Crippen LogP contribution in [0.3, 0.4) is 0 Å². The summed E-state index contributed by atoms with van der Waals surface area (Å²) in [5.74, 6) is -0.0361. The minimum Gasteiger partial charge on any atom is -0.308 e. The molecular weight excluding hydrogens is 317 g/mol. The monoisotopic (exact) mass is 337 g/mol. The Balaban J connectivity index is 0.00000242. The highest BCUT2D eigenvalue weighted by molar-refractivity contribution is 6.30. The first-order valence-electron chi connectivity index (χ1n) is 6.98. The second-order valence-corrected chi connectivity index (χ2v) is 6.03. The van der Waals surface area contributed by atoms with E-state index in [1.807, 2.05) is 74.4 Å². The lowest BCUT2D eigenvalue weighted by molar-refractivity contribution is 0.0945. The van der Waals surface area contributed by atoms with Gasteiger partial charge in [-0.25, -0.2) is 0 Å². The van der Waals surface area contributed by atoms with Gasteiger partial charge >= 0.3 is 0 Å². The van der Waals surface area contributed by atoms with Crippen LogP contribution in [0.5, 0.6) is 0 Å². The Labute approximate surface area is 143 Å². The predicted molar refractivity (Wildman–Crippen MR) is 95.5 cm³/mol. The van der Waals surface area contributed by atoms with Crippen molar-refractivity contribution in [2.75, 3.05) is 20.6 Å². The number of hydrogen-bond donors (Lipinski definition) is 0. The fraction of sp³-hybridized carbons (Fsp3) is 0.278. The van der Waals surface area contributed by atoms with E-state index in [1.165, 1.54) is 0 Å². The fourth-order valence-corrected chi connectivity index (χ4v) is 2.44. The van der Waals surface area contributed by atoms with Crippen molar-refractivity contribution in [2.45, 2.75) is 12.8 Å². The van der Waals surface area contributed by atoms with Crippen molar-refractivity contribution in [3.8, 4) is 0 Å². The zero-order chi connectivity index (χ0) is 15.4. The number of rotatable bonds is 5. The van der Waals surface area contributed by atoms with Crippen LogP contribution in [0.25, 0.3) is 0 Å². The van der Waals surface area contributed by atoms with Gasteiger partial charge in [0.05, 0.1) is 5.92 Å². The van der Waals surface area contributed by atoms with Gasteiger partial charge in [0.2, 0.25) is 0 Å². The van der Waals surface area contributed by atoms with Gasteiger partial charge in [-0.3, -0.25) is 4.79 Å². The van der Waals surface area contributed by atoms with Crippen LogP contribution in [-0.4, -0.2) is 31.3 Å². The molecule has 1 atom stereocenters. The Morgan fingerprint density at radius 1 is 1.05 bits per heavy atom. The van der Waals surface area contributed by atoms with Gasteiger partial charge in [0, 0.05) is 17.1 Å². The molecule has 0 bridgehead atoms. The van der Waals surface area contributed by atoms with E-state index in [2.05, 4.69) is 0 Å². The number of nitrogens with zero attached hydrogens (tertiary/aromatic N) is 1. The summed E-state index contributed by atoms with van der Waals surface area (Å²) >= 11 is 5.94. The minimum atomic E-state index is -0.181. The maximum Gasteiger partial charge on any atom is 0.171 e. The Bertz CT molecular complexity index is 606. The summed E-state index contributed by atoms with van der Waals surface area (Å²) in [5, 5.41) is 0.685. The molecule has 0 aliphatic carbocycles. The average Bonchev–Trinajstić information content (AvgIpc) is 2.46. The van der Waals surface area contributed by atoms with E-state index in [1.54, 1.807) is 0 Å². The van der Waals surface area contributed by atoms with Crippen molar-refractivity contribution < 1.29 is 4.79 Å². The molecule has 0 saturated heterocycles. The van der Waals surface area contributed by atoms with Crippen molar-refractivity contribution in [2.24, 2.45) is 0 Å². The van der Waals surface area contributed by atoms with E-state index in [9.17, 15) is 4.79 Å². The summed E-state index contributed by atoms with van der Waals surface area (Å²) in [7, 11) is 3.96. The van der Waals surface area contributed by atoms with Gasteiger partial charge in [-0.1, -0.05) is 53.6 Å². The molecule has 0 aliphatic heterocycles. The van der Waals surface area contributed by atoms with Gasteiger partial charge in [0.1, 0.15) is 0 Å². The molecule has 22 heavy (non-hydrogen) atoms. The van der Waals surface area contributed by atoms with Gasteiger partial charge in [0.25, 0.3) is 0 Å². The highest BCUT2D eigenvalue weighted by atomic mass is 35.5. The van der Waals surface area contributed by atoms with Gasteiger partial charge in [0.15, 0.2) is 5.78 Å². The predicted octanol–water partition coefficient (Wildman–Crippen LogP) is 4.60. The number of halogens is 2. The zero-order valence-electron chi connectivity index (χ0n) is 13.0. The molecular formula is C18H21Cl2NO. The molecule has 2 nitrogen and oxygen atoms in total. The molecule has 0 aromatic heterocycles. The van der Waals surface area contributed by atoms with Crippen molar-refractivity contribution in [1.29, 1.82) is 0 Å². The Hall–Kier alpha value is -1.35. The van der Waals surface area contributed by atoms with Crippen molar-refractivity contribution >= 4 is 29.8 Å². The number of aryl methyl sites for hydroxylation is 1. The van der Waals surface area contributed by atoms with Gasteiger partial charge in [-0.2, -0.15) is 0 Å². The molecule has 0 radical (unpaired) electrons. The standard InChI is InChI=1S/C18H20ClNO.ClH/c1-13-4-6-15(7-5-13)18(21)17(12-20(2)3)14-8-10-16(19)11-9-14;/h4-11,17H,12H2,1-3H3;1H. The Morgan fingerprint density at radius 2 is 1.59 bits per heavy atom. The van der Waals surface area contributed by atoms with Gasteiger partial charge < -0.3 is 4.90 Å². The molecule has 2 aromatic carbocycles. The van der Waals surface area contributed by atoms with Crippen LogP contribution >= 0.6 is 24.0 Å². The number of Topliss-reactive ketones (excluding diaryl/α,β-unsaturated/α-hetero) is 1. The SMILES string of the molecule is Cc1ccc(C(=O)C(CN(C)C)c2ccc(Cl)cc2)cc1.Cl.